The predicted molar refractivity (Wildman–Crippen MR) is 90.7 cm³/mol. The van der Waals surface area contributed by atoms with Gasteiger partial charge in [0.15, 0.2) is 9.84 Å². The van der Waals surface area contributed by atoms with E-state index in [0.717, 1.165) is 12.1 Å². The molecule has 25 heavy (non-hydrogen) atoms. The maximum atomic E-state index is 12.6. The third kappa shape index (κ3) is 2.70. The molecule has 0 aromatic carbocycles. The summed E-state index contributed by atoms with van der Waals surface area (Å²) in [5, 5.41) is 0. The van der Waals surface area contributed by atoms with E-state index in [-0.39, 0.29) is 36.1 Å². The van der Waals surface area contributed by atoms with Gasteiger partial charge in [-0.3, -0.25) is 4.79 Å². The topological polar surface area (TPSA) is 89.5 Å². The summed E-state index contributed by atoms with van der Waals surface area (Å²) in [6.45, 7) is 4.79. The van der Waals surface area contributed by atoms with Gasteiger partial charge in [-0.05, 0) is 31.7 Å². The van der Waals surface area contributed by atoms with Gasteiger partial charge in [0.05, 0.1) is 12.4 Å². The fraction of sp³-hybridized carbons (Fsp3) is 0.706. The minimum atomic E-state index is -3.21. The maximum absolute atomic E-state index is 12.6. The Labute approximate surface area is 147 Å². The number of hydrogen-bond donors (Lipinski definition) is 0. The molecule has 1 amide bonds. The van der Waals surface area contributed by atoms with Crippen LogP contribution < -0.4 is 4.74 Å². The third-order valence-electron chi connectivity index (χ3n) is 5.94. The van der Waals surface area contributed by atoms with Gasteiger partial charge >= 0.3 is 6.01 Å². The van der Waals surface area contributed by atoms with E-state index < -0.39 is 14.6 Å². The third-order valence-corrected chi connectivity index (χ3v) is 8.54. The SMILES string of the molecule is Cc1ccnc(OC[C@@H]2CCS(=O)(=O)C23CN(C(=O)[C@H]2C[C@@H]2C)C3)n1. The molecule has 4 rings (SSSR count). The van der Waals surface area contributed by atoms with Crippen LogP contribution in [0, 0.1) is 24.7 Å². The van der Waals surface area contributed by atoms with E-state index in [1.54, 1.807) is 17.2 Å². The number of rotatable bonds is 4. The molecule has 3 atom stereocenters. The highest BCUT2D eigenvalue weighted by molar-refractivity contribution is 7.93. The molecular formula is C17H23N3O4S. The molecule has 0 unspecified atom stereocenters. The van der Waals surface area contributed by atoms with Gasteiger partial charge in [-0.15, -0.1) is 0 Å². The van der Waals surface area contributed by atoms with Crippen LogP contribution in [0.4, 0.5) is 0 Å². The molecule has 1 saturated carbocycles. The molecule has 136 valence electrons. The van der Waals surface area contributed by atoms with Gasteiger partial charge in [0, 0.05) is 36.8 Å². The summed E-state index contributed by atoms with van der Waals surface area (Å²) < 4.78 is 30.1. The molecule has 0 radical (unpaired) electrons. The van der Waals surface area contributed by atoms with Gasteiger partial charge in [0.25, 0.3) is 0 Å². The first-order valence-corrected chi connectivity index (χ1v) is 10.4. The molecular weight excluding hydrogens is 342 g/mol. The van der Waals surface area contributed by atoms with Crippen LogP contribution in [0.1, 0.15) is 25.5 Å². The highest BCUT2D eigenvalue weighted by atomic mass is 32.2. The largest absolute Gasteiger partial charge is 0.463 e. The normalized spacial score (nSPS) is 31.6. The predicted octanol–water partition coefficient (Wildman–Crippen LogP) is 0.836. The van der Waals surface area contributed by atoms with Crippen LogP contribution in [0.3, 0.4) is 0 Å². The summed E-state index contributed by atoms with van der Waals surface area (Å²) in [7, 11) is -3.21. The Morgan fingerprint density at radius 1 is 1.44 bits per heavy atom. The molecule has 1 aromatic rings. The van der Waals surface area contributed by atoms with Crippen molar-refractivity contribution in [1.82, 2.24) is 14.9 Å². The second-order valence-corrected chi connectivity index (χ2v) is 10.1. The molecule has 7 nitrogen and oxygen atoms in total. The van der Waals surface area contributed by atoms with Crippen LogP contribution in [-0.2, 0) is 14.6 Å². The summed E-state index contributed by atoms with van der Waals surface area (Å²) in [6, 6.07) is 2.06. The van der Waals surface area contributed by atoms with Crippen molar-refractivity contribution in [2.75, 3.05) is 25.4 Å². The van der Waals surface area contributed by atoms with Gasteiger partial charge in [0.1, 0.15) is 4.75 Å². The number of nitrogens with zero attached hydrogens (tertiary/aromatic N) is 3. The summed E-state index contributed by atoms with van der Waals surface area (Å²) in [5.41, 5.74) is 0.803. The lowest BCUT2D eigenvalue weighted by Gasteiger charge is -2.49. The summed E-state index contributed by atoms with van der Waals surface area (Å²) in [4.78, 5) is 22.3. The van der Waals surface area contributed by atoms with E-state index in [4.69, 9.17) is 4.74 Å². The van der Waals surface area contributed by atoms with Crippen molar-refractivity contribution >= 4 is 15.7 Å². The number of carbonyl (C=O) groups is 1. The van der Waals surface area contributed by atoms with Gasteiger partial charge in [-0.1, -0.05) is 6.92 Å². The zero-order valence-corrected chi connectivity index (χ0v) is 15.3. The van der Waals surface area contributed by atoms with Crippen molar-refractivity contribution in [1.29, 1.82) is 0 Å². The van der Waals surface area contributed by atoms with Gasteiger partial charge < -0.3 is 9.64 Å². The van der Waals surface area contributed by atoms with Crippen LogP contribution in [-0.4, -0.2) is 59.4 Å². The molecule has 0 N–H and O–H groups in total. The Morgan fingerprint density at radius 2 is 2.16 bits per heavy atom. The monoisotopic (exact) mass is 365 g/mol. The molecule has 8 heteroatoms. The van der Waals surface area contributed by atoms with Crippen LogP contribution in [0.15, 0.2) is 12.3 Å². The Bertz CT molecular complexity index is 804. The highest BCUT2D eigenvalue weighted by Gasteiger charge is 2.63. The minimum Gasteiger partial charge on any atom is -0.463 e. The van der Waals surface area contributed by atoms with Gasteiger partial charge in [0.2, 0.25) is 5.91 Å². The summed E-state index contributed by atoms with van der Waals surface area (Å²) >= 11 is 0. The van der Waals surface area contributed by atoms with E-state index >= 15 is 0 Å². The fourth-order valence-electron chi connectivity index (χ4n) is 4.03. The van der Waals surface area contributed by atoms with Gasteiger partial charge in [-0.25, -0.2) is 18.4 Å². The van der Waals surface area contributed by atoms with E-state index in [9.17, 15) is 13.2 Å². The van der Waals surface area contributed by atoms with E-state index in [0.29, 0.717) is 25.4 Å². The fourth-order valence-corrected chi connectivity index (χ4v) is 6.43. The highest BCUT2D eigenvalue weighted by Crippen LogP contribution is 2.47. The lowest BCUT2D eigenvalue weighted by atomic mass is 9.83. The van der Waals surface area contributed by atoms with Crippen LogP contribution in [0.25, 0.3) is 0 Å². The number of aryl methyl sites for hydroxylation is 1. The lowest BCUT2D eigenvalue weighted by Crippen LogP contribution is -2.69. The Kier molecular flexibility index (Phi) is 3.79. The Hall–Kier alpha value is -1.70. The number of amides is 1. The van der Waals surface area contributed by atoms with E-state index in [1.165, 1.54) is 0 Å². The summed E-state index contributed by atoms with van der Waals surface area (Å²) in [5.74, 6) is 0.681. The first-order chi connectivity index (χ1) is 11.8. The molecule has 3 fully saturated rings. The van der Waals surface area contributed by atoms with Crippen LogP contribution >= 0.6 is 0 Å². The van der Waals surface area contributed by atoms with Crippen LogP contribution in [0.5, 0.6) is 6.01 Å². The van der Waals surface area contributed by atoms with Crippen molar-refractivity contribution in [2.24, 2.45) is 17.8 Å². The zero-order valence-electron chi connectivity index (χ0n) is 14.5. The number of ether oxygens (including phenoxy) is 1. The Balaban J connectivity index is 1.44. The van der Waals surface area contributed by atoms with Crippen molar-refractivity contribution in [2.45, 2.75) is 31.4 Å². The van der Waals surface area contributed by atoms with E-state index in [2.05, 4.69) is 16.9 Å². The second kappa shape index (κ2) is 5.65. The van der Waals surface area contributed by atoms with Crippen molar-refractivity contribution in [3.05, 3.63) is 18.0 Å². The first kappa shape index (κ1) is 16.8. The van der Waals surface area contributed by atoms with Crippen LogP contribution in [0.2, 0.25) is 0 Å². The van der Waals surface area contributed by atoms with Crippen molar-refractivity contribution in [3.63, 3.8) is 0 Å². The molecule has 2 aliphatic heterocycles. The first-order valence-electron chi connectivity index (χ1n) is 8.76. The number of likely N-dealkylation sites (tertiary alicyclic amines) is 1. The molecule has 1 aromatic heterocycles. The van der Waals surface area contributed by atoms with Gasteiger partial charge in [-0.2, -0.15) is 0 Å². The summed E-state index contributed by atoms with van der Waals surface area (Å²) in [6.07, 6.45) is 3.11. The average Bonchev–Trinajstić information content (AvgIpc) is 3.17. The standard InChI is InChI=1S/C17H23N3O4S/c1-11-7-14(11)15(21)20-9-17(10-20)13(4-6-25(17,22)23)8-24-16-18-5-3-12(2)19-16/h3,5,11,13-14H,4,6-10H2,1-2H3/t11-,13-,14-/m0/s1. The molecule has 3 aliphatic rings. The second-order valence-electron chi connectivity index (χ2n) is 7.67. The number of hydrogen-bond acceptors (Lipinski definition) is 6. The Morgan fingerprint density at radius 3 is 2.80 bits per heavy atom. The molecule has 0 bridgehead atoms. The molecule has 3 heterocycles. The number of aromatic nitrogens is 2. The maximum Gasteiger partial charge on any atom is 0.316 e. The van der Waals surface area contributed by atoms with Crippen molar-refractivity contribution in [3.8, 4) is 6.01 Å². The zero-order chi connectivity index (χ0) is 17.8. The molecule has 1 aliphatic carbocycles. The molecule has 1 spiro atoms. The number of sulfone groups is 1. The lowest BCUT2D eigenvalue weighted by molar-refractivity contribution is -0.139. The molecule has 2 saturated heterocycles. The average molecular weight is 365 g/mol. The smallest absolute Gasteiger partial charge is 0.316 e. The quantitative estimate of drug-likeness (QED) is 0.785. The van der Waals surface area contributed by atoms with E-state index in [1.807, 2.05) is 6.92 Å². The number of carbonyl (C=O) groups excluding carboxylic acids is 1. The van der Waals surface area contributed by atoms with Crippen molar-refractivity contribution < 1.29 is 17.9 Å². The minimum absolute atomic E-state index is 0.0943.